The zero-order valence-corrected chi connectivity index (χ0v) is 8.99. The molecule has 0 aliphatic carbocycles. The maximum Gasteiger partial charge on any atom is 0.226 e. The number of hydrogen-bond acceptors (Lipinski definition) is 2. The first kappa shape index (κ1) is 11.0. The van der Waals surface area contributed by atoms with Gasteiger partial charge in [-0.3, -0.25) is 4.79 Å². The molecule has 0 spiro atoms. The van der Waals surface area contributed by atoms with E-state index >= 15 is 0 Å². The molecule has 1 amide bonds. The van der Waals surface area contributed by atoms with Crippen LogP contribution in [0.2, 0.25) is 0 Å². The van der Waals surface area contributed by atoms with Gasteiger partial charge in [0.25, 0.3) is 0 Å². The Balaban J connectivity index is 2.64. The quantitative estimate of drug-likeness (QED) is 0.674. The number of carbonyl (C=O) groups is 1. The van der Waals surface area contributed by atoms with E-state index in [1.807, 2.05) is 13.8 Å². The third kappa shape index (κ3) is 2.25. The first-order valence-electron chi connectivity index (χ1n) is 5.40. The zero-order chi connectivity index (χ0) is 10.6. The SMILES string of the molecule is CCC(C)C(=O)N1CCCCC1C#N. The van der Waals surface area contributed by atoms with Crippen molar-refractivity contribution in [3.05, 3.63) is 0 Å². The Morgan fingerprint density at radius 3 is 2.93 bits per heavy atom. The van der Waals surface area contributed by atoms with Gasteiger partial charge in [-0.15, -0.1) is 0 Å². The lowest BCUT2D eigenvalue weighted by Crippen LogP contribution is -2.45. The molecule has 0 aromatic heterocycles. The minimum atomic E-state index is -0.176. The highest BCUT2D eigenvalue weighted by Gasteiger charge is 2.28. The summed E-state index contributed by atoms with van der Waals surface area (Å²) in [6, 6.07) is 2.04. The molecule has 1 fully saturated rings. The van der Waals surface area contributed by atoms with Crippen LogP contribution in [0.1, 0.15) is 39.5 Å². The van der Waals surface area contributed by atoms with E-state index in [2.05, 4.69) is 6.07 Å². The Bertz CT molecular complexity index is 244. The van der Waals surface area contributed by atoms with E-state index in [0.29, 0.717) is 0 Å². The van der Waals surface area contributed by atoms with Crippen LogP contribution >= 0.6 is 0 Å². The monoisotopic (exact) mass is 194 g/mol. The highest BCUT2D eigenvalue weighted by atomic mass is 16.2. The number of hydrogen-bond donors (Lipinski definition) is 0. The van der Waals surface area contributed by atoms with Gasteiger partial charge < -0.3 is 4.90 Å². The van der Waals surface area contributed by atoms with Crippen LogP contribution < -0.4 is 0 Å². The number of likely N-dealkylation sites (tertiary alicyclic amines) is 1. The van der Waals surface area contributed by atoms with Crippen LogP contribution in [-0.4, -0.2) is 23.4 Å². The highest BCUT2D eigenvalue weighted by Crippen LogP contribution is 2.19. The van der Waals surface area contributed by atoms with E-state index in [1.165, 1.54) is 0 Å². The highest BCUT2D eigenvalue weighted by molar-refractivity contribution is 5.79. The molecule has 0 bridgehead atoms. The smallest absolute Gasteiger partial charge is 0.226 e. The summed E-state index contributed by atoms with van der Waals surface area (Å²) in [5.74, 6) is 0.211. The van der Waals surface area contributed by atoms with Gasteiger partial charge >= 0.3 is 0 Å². The van der Waals surface area contributed by atoms with E-state index in [1.54, 1.807) is 4.90 Å². The molecule has 14 heavy (non-hydrogen) atoms. The van der Waals surface area contributed by atoms with Gasteiger partial charge in [0.15, 0.2) is 0 Å². The average molecular weight is 194 g/mol. The molecule has 0 aromatic rings. The van der Waals surface area contributed by atoms with E-state index in [-0.39, 0.29) is 17.9 Å². The molecule has 0 saturated carbocycles. The molecule has 0 N–H and O–H groups in total. The number of carbonyl (C=O) groups excluding carboxylic acids is 1. The minimum Gasteiger partial charge on any atom is -0.326 e. The first-order chi connectivity index (χ1) is 6.70. The summed E-state index contributed by atoms with van der Waals surface area (Å²) in [7, 11) is 0. The molecule has 1 rings (SSSR count). The maximum atomic E-state index is 11.9. The van der Waals surface area contributed by atoms with Crippen LogP contribution in [0.25, 0.3) is 0 Å². The second-order valence-corrected chi connectivity index (χ2v) is 3.98. The van der Waals surface area contributed by atoms with E-state index in [9.17, 15) is 4.79 Å². The predicted molar refractivity (Wildman–Crippen MR) is 54.4 cm³/mol. The largest absolute Gasteiger partial charge is 0.326 e. The van der Waals surface area contributed by atoms with Crippen LogP contribution in [0.15, 0.2) is 0 Å². The van der Waals surface area contributed by atoms with Gasteiger partial charge in [-0.2, -0.15) is 5.26 Å². The van der Waals surface area contributed by atoms with Crippen molar-refractivity contribution in [3.63, 3.8) is 0 Å². The van der Waals surface area contributed by atoms with Crippen molar-refractivity contribution in [2.75, 3.05) is 6.54 Å². The summed E-state index contributed by atoms with van der Waals surface area (Å²) in [5.41, 5.74) is 0. The van der Waals surface area contributed by atoms with E-state index in [4.69, 9.17) is 5.26 Å². The maximum absolute atomic E-state index is 11.9. The minimum absolute atomic E-state index is 0.0592. The summed E-state index contributed by atoms with van der Waals surface area (Å²) >= 11 is 0. The standard InChI is InChI=1S/C11H18N2O/c1-3-9(2)11(14)13-7-5-4-6-10(13)8-12/h9-10H,3-7H2,1-2H3. The van der Waals surface area contributed by atoms with Gasteiger partial charge in [0.05, 0.1) is 6.07 Å². The van der Waals surface area contributed by atoms with Crippen molar-refractivity contribution >= 4 is 5.91 Å². The van der Waals surface area contributed by atoms with Crippen molar-refractivity contribution in [2.24, 2.45) is 5.92 Å². The van der Waals surface area contributed by atoms with Gasteiger partial charge in [0.2, 0.25) is 5.91 Å². The van der Waals surface area contributed by atoms with Crippen molar-refractivity contribution < 1.29 is 4.79 Å². The van der Waals surface area contributed by atoms with Crippen LogP contribution in [0.3, 0.4) is 0 Å². The second kappa shape index (κ2) is 4.99. The fourth-order valence-electron chi connectivity index (χ4n) is 1.79. The first-order valence-corrected chi connectivity index (χ1v) is 5.40. The van der Waals surface area contributed by atoms with Gasteiger partial charge in [-0.05, 0) is 25.7 Å². The van der Waals surface area contributed by atoms with Gasteiger partial charge in [-0.1, -0.05) is 13.8 Å². The molecule has 1 aliphatic rings. The summed E-state index contributed by atoms with van der Waals surface area (Å²) in [4.78, 5) is 13.6. The number of nitrogens with zero attached hydrogens (tertiary/aromatic N) is 2. The Morgan fingerprint density at radius 2 is 2.36 bits per heavy atom. The Kier molecular flexibility index (Phi) is 3.94. The van der Waals surface area contributed by atoms with E-state index < -0.39 is 0 Å². The normalized spacial score (nSPS) is 24.1. The van der Waals surface area contributed by atoms with Crippen LogP contribution in [0, 0.1) is 17.2 Å². The van der Waals surface area contributed by atoms with Gasteiger partial charge in [-0.25, -0.2) is 0 Å². The molecular weight excluding hydrogens is 176 g/mol. The zero-order valence-electron chi connectivity index (χ0n) is 8.99. The fourth-order valence-corrected chi connectivity index (χ4v) is 1.79. The van der Waals surface area contributed by atoms with Crippen LogP contribution in [0.4, 0.5) is 0 Å². The fraction of sp³-hybridized carbons (Fsp3) is 0.818. The molecule has 3 nitrogen and oxygen atoms in total. The summed E-state index contributed by atoms with van der Waals surface area (Å²) in [6.07, 6.45) is 3.81. The van der Waals surface area contributed by atoms with E-state index in [0.717, 1.165) is 32.2 Å². The molecule has 3 heteroatoms. The number of rotatable bonds is 2. The molecule has 2 atom stereocenters. The van der Waals surface area contributed by atoms with Crippen molar-refractivity contribution in [3.8, 4) is 6.07 Å². The Morgan fingerprint density at radius 1 is 1.64 bits per heavy atom. The summed E-state index contributed by atoms with van der Waals surface area (Å²) in [6.45, 7) is 4.71. The molecule has 0 radical (unpaired) electrons. The summed E-state index contributed by atoms with van der Waals surface area (Å²) < 4.78 is 0. The number of amides is 1. The molecule has 1 aliphatic heterocycles. The molecule has 78 valence electrons. The molecule has 1 heterocycles. The lowest BCUT2D eigenvalue weighted by molar-refractivity contribution is -0.137. The number of nitriles is 1. The third-order valence-electron chi connectivity index (χ3n) is 2.97. The lowest BCUT2D eigenvalue weighted by atomic mass is 9.99. The van der Waals surface area contributed by atoms with Crippen molar-refractivity contribution in [1.29, 1.82) is 5.26 Å². The average Bonchev–Trinajstić information content (AvgIpc) is 2.26. The van der Waals surface area contributed by atoms with Crippen molar-refractivity contribution in [1.82, 2.24) is 4.90 Å². The lowest BCUT2D eigenvalue weighted by Gasteiger charge is -2.33. The summed E-state index contributed by atoms with van der Waals surface area (Å²) in [5, 5.41) is 8.92. The van der Waals surface area contributed by atoms with Crippen LogP contribution in [0.5, 0.6) is 0 Å². The molecule has 0 aromatic carbocycles. The second-order valence-electron chi connectivity index (χ2n) is 3.98. The predicted octanol–water partition coefficient (Wildman–Crippen LogP) is 1.94. The Hall–Kier alpha value is -1.04. The van der Waals surface area contributed by atoms with Gasteiger partial charge in [0, 0.05) is 12.5 Å². The van der Waals surface area contributed by atoms with Gasteiger partial charge in [0.1, 0.15) is 6.04 Å². The van der Waals surface area contributed by atoms with Crippen LogP contribution in [-0.2, 0) is 4.79 Å². The molecule has 1 saturated heterocycles. The Labute approximate surface area is 85.7 Å². The topological polar surface area (TPSA) is 44.1 Å². The molecule has 2 unspecified atom stereocenters. The third-order valence-corrected chi connectivity index (χ3v) is 2.97. The molecular formula is C11H18N2O. The van der Waals surface area contributed by atoms with Crippen molar-refractivity contribution in [2.45, 2.75) is 45.6 Å². The number of piperidine rings is 1.